The van der Waals surface area contributed by atoms with Crippen molar-refractivity contribution in [3.63, 3.8) is 0 Å². The Balaban J connectivity index is 1.42. The van der Waals surface area contributed by atoms with E-state index in [0.29, 0.717) is 18.0 Å². The van der Waals surface area contributed by atoms with Crippen molar-refractivity contribution in [3.8, 4) is 5.75 Å². The number of hydrogen-bond acceptors (Lipinski definition) is 5. The molecule has 1 fully saturated rings. The number of amides is 2. The average molecular weight is 446 g/mol. The van der Waals surface area contributed by atoms with Gasteiger partial charge in [0.05, 0.1) is 11.5 Å². The summed E-state index contributed by atoms with van der Waals surface area (Å²) in [5.74, 6) is 0.467. The first-order valence-electron chi connectivity index (χ1n) is 10.3. The number of hydrogen-bond donors (Lipinski definition) is 3. The molecule has 0 aliphatic heterocycles. The van der Waals surface area contributed by atoms with E-state index in [1.807, 2.05) is 25.1 Å². The van der Waals surface area contributed by atoms with E-state index >= 15 is 0 Å². The van der Waals surface area contributed by atoms with Gasteiger partial charge in [-0.3, -0.25) is 9.59 Å². The third kappa shape index (κ3) is 7.08. The molecule has 8 nitrogen and oxygen atoms in total. The van der Waals surface area contributed by atoms with E-state index < -0.39 is 10.0 Å². The number of benzene rings is 2. The number of sulfonamides is 1. The highest BCUT2D eigenvalue weighted by Gasteiger charge is 2.29. The minimum absolute atomic E-state index is 0.00830. The molecule has 1 aliphatic carbocycles. The predicted molar refractivity (Wildman–Crippen MR) is 117 cm³/mol. The van der Waals surface area contributed by atoms with Gasteiger partial charge in [-0.2, -0.15) is 0 Å². The van der Waals surface area contributed by atoms with Crippen molar-refractivity contribution in [2.24, 2.45) is 5.92 Å². The van der Waals surface area contributed by atoms with Gasteiger partial charge < -0.3 is 15.4 Å². The predicted octanol–water partition coefficient (Wildman–Crippen LogP) is 2.42. The Morgan fingerprint density at radius 3 is 2.52 bits per heavy atom. The van der Waals surface area contributed by atoms with Gasteiger partial charge in [0, 0.05) is 31.1 Å². The molecule has 2 aromatic rings. The van der Waals surface area contributed by atoms with Crippen LogP contribution in [0, 0.1) is 5.92 Å². The van der Waals surface area contributed by atoms with Gasteiger partial charge in [0.1, 0.15) is 5.75 Å². The van der Waals surface area contributed by atoms with Gasteiger partial charge >= 0.3 is 0 Å². The summed E-state index contributed by atoms with van der Waals surface area (Å²) in [7, 11) is -3.70. The van der Waals surface area contributed by atoms with Crippen molar-refractivity contribution in [1.29, 1.82) is 0 Å². The van der Waals surface area contributed by atoms with E-state index in [1.54, 1.807) is 18.2 Å². The second kappa shape index (κ2) is 10.4. The van der Waals surface area contributed by atoms with Crippen molar-refractivity contribution in [2.45, 2.75) is 37.6 Å². The van der Waals surface area contributed by atoms with Crippen LogP contribution in [-0.2, 0) is 26.2 Å². The summed E-state index contributed by atoms with van der Waals surface area (Å²) in [6.45, 7) is 2.62. The van der Waals surface area contributed by atoms with E-state index in [-0.39, 0.29) is 42.1 Å². The summed E-state index contributed by atoms with van der Waals surface area (Å²) < 4.78 is 32.4. The first kappa shape index (κ1) is 22.8. The van der Waals surface area contributed by atoms with Crippen LogP contribution in [0.5, 0.6) is 5.75 Å². The smallest absolute Gasteiger partial charge is 0.240 e. The molecular weight excluding hydrogens is 418 g/mol. The maximum absolute atomic E-state index is 12.3. The van der Waals surface area contributed by atoms with Crippen molar-refractivity contribution in [3.05, 3.63) is 54.1 Å². The fourth-order valence-electron chi connectivity index (χ4n) is 2.90. The van der Waals surface area contributed by atoms with E-state index in [1.165, 1.54) is 12.1 Å². The summed E-state index contributed by atoms with van der Waals surface area (Å²) in [6, 6.07) is 13.4. The standard InChI is InChI=1S/C22H27N3O5S/c1-2-30-19-8-10-20(11-9-19)31(28,29)24-13-12-21(26)23-15-16-4-3-5-18(14-16)25-22(27)17-6-7-17/h3-5,8-11,14,17,24H,2,6-7,12-13,15H2,1H3,(H,23,26)(H,25,27). The molecule has 166 valence electrons. The molecule has 0 unspecified atom stereocenters. The minimum Gasteiger partial charge on any atom is -0.494 e. The molecule has 2 aromatic carbocycles. The Bertz CT molecular complexity index is 1020. The second-order valence-corrected chi connectivity index (χ2v) is 9.06. The Morgan fingerprint density at radius 2 is 1.84 bits per heavy atom. The van der Waals surface area contributed by atoms with Crippen molar-refractivity contribution in [1.82, 2.24) is 10.0 Å². The van der Waals surface area contributed by atoms with Crippen LogP contribution in [0.4, 0.5) is 5.69 Å². The minimum atomic E-state index is -3.70. The van der Waals surface area contributed by atoms with Crippen LogP contribution in [0.25, 0.3) is 0 Å². The summed E-state index contributed by atoms with van der Waals surface area (Å²) in [6.07, 6.45) is 1.88. The van der Waals surface area contributed by atoms with Crippen molar-refractivity contribution < 1.29 is 22.7 Å². The molecule has 3 rings (SSSR count). The summed E-state index contributed by atoms with van der Waals surface area (Å²) in [5, 5.41) is 5.63. The number of rotatable bonds is 11. The van der Waals surface area contributed by atoms with Crippen LogP contribution >= 0.6 is 0 Å². The van der Waals surface area contributed by atoms with Gasteiger partial charge in [-0.1, -0.05) is 12.1 Å². The Hall–Kier alpha value is -2.91. The van der Waals surface area contributed by atoms with Crippen molar-refractivity contribution in [2.75, 3.05) is 18.5 Å². The largest absolute Gasteiger partial charge is 0.494 e. The maximum atomic E-state index is 12.3. The highest BCUT2D eigenvalue weighted by atomic mass is 32.2. The first-order valence-corrected chi connectivity index (χ1v) is 11.7. The van der Waals surface area contributed by atoms with Gasteiger partial charge in [0.2, 0.25) is 21.8 Å². The summed E-state index contributed by atoms with van der Waals surface area (Å²) in [5.41, 5.74) is 1.55. The fourth-order valence-corrected chi connectivity index (χ4v) is 3.93. The van der Waals surface area contributed by atoms with Gasteiger partial charge in [0.25, 0.3) is 0 Å². The zero-order chi connectivity index (χ0) is 22.3. The molecule has 3 N–H and O–H groups in total. The average Bonchev–Trinajstić information content (AvgIpc) is 3.59. The molecule has 0 saturated heterocycles. The molecule has 2 amide bonds. The van der Waals surface area contributed by atoms with E-state index in [2.05, 4.69) is 15.4 Å². The first-order chi connectivity index (χ1) is 14.9. The number of carbonyl (C=O) groups excluding carboxylic acids is 2. The normalized spacial score (nSPS) is 13.5. The molecule has 1 saturated carbocycles. The molecule has 0 spiro atoms. The molecule has 0 atom stereocenters. The molecule has 0 bridgehead atoms. The zero-order valence-electron chi connectivity index (χ0n) is 17.4. The molecule has 9 heteroatoms. The van der Waals surface area contributed by atoms with Crippen LogP contribution in [0.15, 0.2) is 53.4 Å². The lowest BCUT2D eigenvalue weighted by molar-refractivity contribution is -0.121. The van der Waals surface area contributed by atoms with Crippen molar-refractivity contribution >= 4 is 27.5 Å². The maximum Gasteiger partial charge on any atom is 0.240 e. The molecule has 0 heterocycles. The van der Waals surface area contributed by atoms with Crippen LogP contribution in [-0.4, -0.2) is 33.4 Å². The summed E-state index contributed by atoms with van der Waals surface area (Å²) >= 11 is 0. The summed E-state index contributed by atoms with van der Waals surface area (Å²) in [4.78, 5) is 24.1. The third-order valence-corrected chi connectivity index (χ3v) is 6.20. The van der Waals surface area contributed by atoms with Crippen LogP contribution < -0.4 is 20.1 Å². The fraction of sp³-hybridized carbons (Fsp3) is 0.364. The Morgan fingerprint density at radius 1 is 1.10 bits per heavy atom. The van der Waals surface area contributed by atoms with Crippen LogP contribution in [0.2, 0.25) is 0 Å². The van der Waals surface area contributed by atoms with Gasteiger partial charge in [-0.25, -0.2) is 13.1 Å². The monoisotopic (exact) mass is 445 g/mol. The Kier molecular flexibility index (Phi) is 7.64. The molecule has 0 radical (unpaired) electrons. The van der Waals surface area contributed by atoms with Gasteiger partial charge in [-0.05, 0) is 61.7 Å². The third-order valence-electron chi connectivity index (χ3n) is 4.72. The Labute approximate surface area is 182 Å². The number of nitrogens with one attached hydrogen (secondary N) is 3. The lowest BCUT2D eigenvalue weighted by Gasteiger charge is -2.10. The number of carbonyl (C=O) groups is 2. The number of anilines is 1. The van der Waals surface area contributed by atoms with E-state index in [0.717, 1.165) is 18.4 Å². The SMILES string of the molecule is CCOc1ccc(S(=O)(=O)NCCC(=O)NCc2cccc(NC(=O)C3CC3)c2)cc1. The van der Waals surface area contributed by atoms with E-state index in [4.69, 9.17) is 4.74 Å². The zero-order valence-corrected chi connectivity index (χ0v) is 18.2. The van der Waals surface area contributed by atoms with Gasteiger partial charge in [-0.15, -0.1) is 0 Å². The van der Waals surface area contributed by atoms with E-state index in [9.17, 15) is 18.0 Å². The molecular formula is C22H27N3O5S. The molecule has 31 heavy (non-hydrogen) atoms. The lowest BCUT2D eigenvalue weighted by atomic mass is 10.2. The van der Waals surface area contributed by atoms with Crippen LogP contribution in [0.3, 0.4) is 0 Å². The molecule has 1 aliphatic rings. The topological polar surface area (TPSA) is 114 Å². The quantitative estimate of drug-likeness (QED) is 0.492. The highest BCUT2D eigenvalue weighted by Crippen LogP contribution is 2.30. The number of ether oxygens (including phenoxy) is 1. The second-order valence-electron chi connectivity index (χ2n) is 7.29. The lowest BCUT2D eigenvalue weighted by Crippen LogP contribution is -2.30. The highest BCUT2D eigenvalue weighted by molar-refractivity contribution is 7.89. The van der Waals surface area contributed by atoms with Crippen LogP contribution in [0.1, 0.15) is 31.7 Å². The van der Waals surface area contributed by atoms with Gasteiger partial charge in [0.15, 0.2) is 0 Å². The molecule has 0 aromatic heterocycles.